The minimum absolute atomic E-state index is 0.229. The molecule has 0 aliphatic rings. The normalized spacial score (nSPS) is 13.2. The molecule has 3 N–H and O–H groups in total. The van der Waals surface area contributed by atoms with E-state index in [1.54, 1.807) is 11.3 Å². The summed E-state index contributed by atoms with van der Waals surface area (Å²) in [4.78, 5) is 13.9. The maximum atomic E-state index is 11.7. The maximum Gasteiger partial charge on any atom is 0.408 e. The molecular weight excluding hydrogens is 316 g/mol. The molecule has 0 aliphatic carbocycles. The summed E-state index contributed by atoms with van der Waals surface area (Å²) in [5.74, 6) is 0. The first-order valence-electron chi connectivity index (χ1n) is 5.68. The molecule has 0 aliphatic heterocycles. The smallest absolute Gasteiger partial charge is 0.408 e. The highest BCUT2D eigenvalue weighted by Crippen LogP contribution is 2.31. The minimum Gasteiger partial charge on any atom is -0.444 e. The molecule has 1 amide bonds. The fourth-order valence-electron chi connectivity index (χ4n) is 1.42. The van der Waals surface area contributed by atoms with Gasteiger partial charge >= 0.3 is 6.09 Å². The fourth-order valence-corrected chi connectivity index (χ4v) is 3.41. The third-order valence-electron chi connectivity index (χ3n) is 2.08. The lowest BCUT2D eigenvalue weighted by molar-refractivity contribution is 0.0506. The van der Waals surface area contributed by atoms with Gasteiger partial charge in [-0.25, -0.2) is 4.79 Å². The van der Waals surface area contributed by atoms with Crippen LogP contribution in [0.25, 0.3) is 0 Å². The summed E-state index contributed by atoms with van der Waals surface area (Å²) in [7, 11) is 0. The van der Waals surface area contributed by atoms with Gasteiger partial charge in [0, 0.05) is 20.8 Å². The Balaban J connectivity index is 2.74. The van der Waals surface area contributed by atoms with Crippen LogP contribution in [-0.4, -0.2) is 18.2 Å². The van der Waals surface area contributed by atoms with E-state index < -0.39 is 11.7 Å². The molecule has 18 heavy (non-hydrogen) atoms. The summed E-state index contributed by atoms with van der Waals surface area (Å²) in [5, 5.41) is 2.79. The van der Waals surface area contributed by atoms with Crippen LogP contribution in [0, 0.1) is 6.92 Å². The van der Waals surface area contributed by atoms with Crippen LogP contribution in [0.2, 0.25) is 0 Å². The third kappa shape index (κ3) is 4.59. The lowest BCUT2D eigenvalue weighted by atomic mass is 10.2. The van der Waals surface area contributed by atoms with Gasteiger partial charge in [0.05, 0.1) is 6.04 Å². The van der Waals surface area contributed by atoms with Crippen molar-refractivity contribution < 1.29 is 9.53 Å². The van der Waals surface area contributed by atoms with Gasteiger partial charge in [0.1, 0.15) is 5.60 Å². The van der Waals surface area contributed by atoms with Gasteiger partial charge in [-0.1, -0.05) is 0 Å². The predicted molar refractivity (Wildman–Crippen MR) is 77.9 cm³/mol. The van der Waals surface area contributed by atoms with Crippen molar-refractivity contribution in [2.24, 2.45) is 5.73 Å². The summed E-state index contributed by atoms with van der Waals surface area (Å²) >= 11 is 5.08. The zero-order valence-corrected chi connectivity index (χ0v) is 13.4. The van der Waals surface area contributed by atoms with Crippen molar-refractivity contribution in [3.05, 3.63) is 20.3 Å². The summed E-state index contributed by atoms with van der Waals surface area (Å²) in [6.07, 6.45) is -0.448. The van der Waals surface area contributed by atoms with E-state index in [9.17, 15) is 4.79 Å². The van der Waals surface area contributed by atoms with Gasteiger partial charge in [-0.15, -0.1) is 11.3 Å². The Morgan fingerprint density at radius 3 is 2.61 bits per heavy atom. The van der Waals surface area contributed by atoms with Gasteiger partial charge in [0.25, 0.3) is 0 Å². The molecule has 0 bridgehead atoms. The number of thiophene rings is 1. The topological polar surface area (TPSA) is 64.3 Å². The van der Waals surface area contributed by atoms with Crippen molar-refractivity contribution in [2.75, 3.05) is 6.54 Å². The van der Waals surface area contributed by atoms with Crippen LogP contribution >= 0.6 is 27.3 Å². The minimum atomic E-state index is -0.508. The average Bonchev–Trinajstić information content (AvgIpc) is 2.51. The van der Waals surface area contributed by atoms with Crippen LogP contribution in [0.5, 0.6) is 0 Å². The number of rotatable bonds is 3. The number of nitrogens with two attached hydrogens (primary N) is 1. The number of carbonyl (C=O) groups is 1. The van der Waals surface area contributed by atoms with Crippen LogP contribution in [0.4, 0.5) is 4.79 Å². The largest absolute Gasteiger partial charge is 0.444 e. The van der Waals surface area contributed by atoms with Crippen molar-refractivity contribution in [1.82, 2.24) is 5.32 Å². The Morgan fingerprint density at radius 2 is 2.22 bits per heavy atom. The van der Waals surface area contributed by atoms with E-state index in [2.05, 4.69) is 21.2 Å². The Labute approximate surface area is 120 Å². The van der Waals surface area contributed by atoms with E-state index in [0.717, 1.165) is 9.35 Å². The molecule has 1 aromatic rings. The van der Waals surface area contributed by atoms with Crippen molar-refractivity contribution >= 4 is 33.4 Å². The summed E-state index contributed by atoms with van der Waals surface area (Å²) in [5.41, 5.74) is 5.20. The number of ether oxygens (including phenoxy) is 1. The molecule has 1 atom stereocenters. The van der Waals surface area contributed by atoms with Gasteiger partial charge in [-0.3, -0.25) is 0 Å². The zero-order chi connectivity index (χ0) is 13.9. The molecule has 0 radical (unpaired) electrons. The molecular formula is C12H19BrN2O2S. The molecule has 1 aromatic heterocycles. The Morgan fingerprint density at radius 1 is 1.61 bits per heavy atom. The number of amides is 1. The van der Waals surface area contributed by atoms with E-state index in [4.69, 9.17) is 10.5 Å². The SMILES string of the molecule is Cc1cc(Br)c(C(CN)NC(=O)OC(C)(C)C)s1. The molecule has 0 saturated heterocycles. The molecule has 4 nitrogen and oxygen atoms in total. The number of carbonyl (C=O) groups excluding carboxylic acids is 1. The van der Waals surface area contributed by atoms with Crippen LogP contribution in [0.3, 0.4) is 0 Å². The average molecular weight is 335 g/mol. The van der Waals surface area contributed by atoms with E-state index in [0.29, 0.717) is 6.54 Å². The third-order valence-corrected chi connectivity index (χ3v) is 4.16. The second kappa shape index (κ2) is 6.04. The molecule has 0 saturated carbocycles. The van der Waals surface area contributed by atoms with Crippen molar-refractivity contribution in [1.29, 1.82) is 0 Å². The molecule has 0 fully saturated rings. The number of aryl methyl sites for hydroxylation is 1. The van der Waals surface area contributed by atoms with Gasteiger partial charge in [0.2, 0.25) is 0 Å². The Kier molecular flexibility index (Phi) is 5.19. The second-order valence-electron chi connectivity index (χ2n) is 5.00. The van der Waals surface area contributed by atoms with Crippen LogP contribution in [0.1, 0.15) is 36.6 Å². The fraction of sp³-hybridized carbons (Fsp3) is 0.583. The first-order valence-corrected chi connectivity index (χ1v) is 7.29. The lowest BCUT2D eigenvalue weighted by Crippen LogP contribution is -2.37. The van der Waals surface area contributed by atoms with Crippen LogP contribution < -0.4 is 11.1 Å². The number of hydrogen-bond donors (Lipinski definition) is 2. The first kappa shape index (κ1) is 15.5. The molecule has 6 heteroatoms. The summed E-state index contributed by atoms with van der Waals surface area (Å²) < 4.78 is 6.19. The quantitative estimate of drug-likeness (QED) is 0.890. The Hall–Kier alpha value is -0.590. The van der Waals surface area contributed by atoms with E-state index in [-0.39, 0.29) is 6.04 Å². The molecule has 0 aromatic carbocycles. The molecule has 1 rings (SSSR count). The van der Waals surface area contributed by atoms with Gasteiger partial charge in [-0.05, 0) is 49.7 Å². The van der Waals surface area contributed by atoms with Crippen molar-refractivity contribution in [3.8, 4) is 0 Å². The van der Waals surface area contributed by atoms with E-state index in [1.165, 1.54) is 4.88 Å². The monoisotopic (exact) mass is 334 g/mol. The molecule has 1 heterocycles. The predicted octanol–water partition coefficient (Wildman–Crippen LogP) is 3.34. The number of nitrogens with one attached hydrogen (secondary N) is 1. The first-order chi connectivity index (χ1) is 8.23. The molecule has 1 unspecified atom stereocenters. The van der Waals surface area contributed by atoms with Crippen LogP contribution in [-0.2, 0) is 4.74 Å². The van der Waals surface area contributed by atoms with Crippen molar-refractivity contribution in [2.45, 2.75) is 39.3 Å². The summed E-state index contributed by atoms with van der Waals surface area (Å²) in [6.45, 7) is 7.83. The second-order valence-corrected chi connectivity index (χ2v) is 7.15. The highest BCUT2D eigenvalue weighted by molar-refractivity contribution is 9.10. The standard InChI is InChI=1S/C12H19BrN2O2S/c1-7-5-8(13)10(18-7)9(6-14)15-11(16)17-12(2,3)4/h5,9H,6,14H2,1-4H3,(H,15,16). The van der Waals surface area contributed by atoms with Gasteiger partial charge < -0.3 is 15.8 Å². The Bertz CT molecular complexity index is 426. The lowest BCUT2D eigenvalue weighted by Gasteiger charge is -2.22. The molecule has 0 spiro atoms. The summed E-state index contributed by atoms with van der Waals surface area (Å²) in [6, 6.07) is 1.78. The number of halogens is 1. The molecule has 102 valence electrons. The van der Waals surface area contributed by atoms with Crippen LogP contribution in [0.15, 0.2) is 10.5 Å². The van der Waals surface area contributed by atoms with Gasteiger partial charge in [-0.2, -0.15) is 0 Å². The van der Waals surface area contributed by atoms with E-state index >= 15 is 0 Å². The van der Waals surface area contributed by atoms with Crippen molar-refractivity contribution in [3.63, 3.8) is 0 Å². The van der Waals surface area contributed by atoms with Gasteiger partial charge in [0.15, 0.2) is 0 Å². The number of alkyl carbamates (subject to hydrolysis) is 1. The van der Waals surface area contributed by atoms with E-state index in [1.807, 2.05) is 33.8 Å². The highest BCUT2D eigenvalue weighted by atomic mass is 79.9. The number of hydrogen-bond acceptors (Lipinski definition) is 4. The highest BCUT2D eigenvalue weighted by Gasteiger charge is 2.22. The maximum absolute atomic E-state index is 11.7. The zero-order valence-electron chi connectivity index (χ0n) is 11.0.